The van der Waals surface area contributed by atoms with Crippen LogP contribution in [-0.4, -0.2) is 18.8 Å². The van der Waals surface area contributed by atoms with Crippen LogP contribution in [0.1, 0.15) is 56.5 Å². The van der Waals surface area contributed by atoms with Gasteiger partial charge >= 0.3 is 0 Å². The lowest BCUT2D eigenvalue weighted by Gasteiger charge is -2.45. The highest BCUT2D eigenvalue weighted by Gasteiger charge is 2.40. The summed E-state index contributed by atoms with van der Waals surface area (Å²) in [6.45, 7) is 8.53. The van der Waals surface area contributed by atoms with Crippen LogP contribution < -0.4 is 5.32 Å². The predicted octanol–water partition coefficient (Wildman–Crippen LogP) is 6.26. The molecule has 1 aromatic heterocycles. The van der Waals surface area contributed by atoms with Gasteiger partial charge in [-0.2, -0.15) is 0 Å². The van der Waals surface area contributed by atoms with E-state index in [2.05, 4.69) is 55.7 Å². The van der Waals surface area contributed by atoms with Gasteiger partial charge in [0.25, 0.3) is 0 Å². The zero-order valence-electron chi connectivity index (χ0n) is 16.1. The van der Waals surface area contributed by atoms with Crippen LogP contribution in [0.4, 0.5) is 0 Å². The maximum absolute atomic E-state index is 6.48. The summed E-state index contributed by atoms with van der Waals surface area (Å²) in [6.07, 6.45) is 4.33. The molecule has 2 heterocycles. The quantitative estimate of drug-likeness (QED) is 0.601. The van der Waals surface area contributed by atoms with Crippen LogP contribution in [0.25, 0.3) is 0 Å². The largest absolute Gasteiger partial charge is 0.376 e. The molecule has 1 saturated heterocycles. The summed E-state index contributed by atoms with van der Waals surface area (Å²) in [6, 6.07) is 13.0. The highest BCUT2D eigenvalue weighted by molar-refractivity contribution is 7.10. The van der Waals surface area contributed by atoms with Gasteiger partial charge in [0, 0.05) is 22.5 Å². The van der Waals surface area contributed by atoms with Crippen molar-refractivity contribution in [3.63, 3.8) is 0 Å². The van der Waals surface area contributed by atoms with E-state index in [9.17, 15) is 0 Å². The number of hydrogen-bond donors (Lipinski definition) is 1. The monoisotopic (exact) mass is 391 g/mol. The Morgan fingerprint density at radius 3 is 2.73 bits per heavy atom. The third-order valence-corrected chi connectivity index (χ3v) is 6.95. The number of hydrogen-bond acceptors (Lipinski definition) is 3. The van der Waals surface area contributed by atoms with Gasteiger partial charge in [-0.25, -0.2) is 0 Å². The Morgan fingerprint density at radius 1 is 1.23 bits per heavy atom. The molecule has 4 heteroatoms. The second-order valence-electron chi connectivity index (χ2n) is 8.24. The van der Waals surface area contributed by atoms with Crippen molar-refractivity contribution in [2.24, 2.45) is 5.41 Å². The van der Waals surface area contributed by atoms with E-state index in [0.717, 1.165) is 43.9 Å². The van der Waals surface area contributed by atoms with Gasteiger partial charge in [-0.3, -0.25) is 0 Å². The zero-order chi connectivity index (χ0) is 18.6. The van der Waals surface area contributed by atoms with Crippen LogP contribution >= 0.6 is 22.9 Å². The third-order valence-electron chi connectivity index (χ3n) is 5.53. The minimum Gasteiger partial charge on any atom is -0.376 e. The van der Waals surface area contributed by atoms with Crippen molar-refractivity contribution in [3.05, 3.63) is 57.2 Å². The van der Waals surface area contributed by atoms with E-state index < -0.39 is 0 Å². The first-order chi connectivity index (χ1) is 12.4. The minimum absolute atomic E-state index is 0.0706. The smallest absolute Gasteiger partial charge is 0.0631 e. The molecule has 0 aliphatic carbocycles. The molecule has 0 saturated carbocycles. The van der Waals surface area contributed by atoms with E-state index in [4.69, 9.17) is 16.3 Å². The fourth-order valence-electron chi connectivity index (χ4n) is 4.28. The molecule has 1 aliphatic rings. The Labute approximate surface area is 166 Å². The first-order valence-corrected chi connectivity index (χ1v) is 10.8. The van der Waals surface area contributed by atoms with E-state index >= 15 is 0 Å². The minimum atomic E-state index is -0.0706. The maximum atomic E-state index is 6.48. The summed E-state index contributed by atoms with van der Waals surface area (Å²) in [5, 5.41) is 6.75. The van der Waals surface area contributed by atoms with Crippen LogP contribution in [0.2, 0.25) is 5.02 Å². The molecular formula is C22H30ClNOS. The second-order valence-corrected chi connectivity index (χ2v) is 9.63. The Balaban J connectivity index is 1.70. The van der Waals surface area contributed by atoms with Gasteiger partial charge in [0.2, 0.25) is 0 Å². The molecule has 2 aromatic rings. The van der Waals surface area contributed by atoms with E-state index in [1.54, 1.807) is 0 Å². The Hall–Kier alpha value is -0.870. The molecule has 2 atom stereocenters. The van der Waals surface area contributed by atoms with Gasteiger partial charge in [-0.05, 0) is 81.5 Å². The normalized spacial score (nSPS) is 23.7. The summed E-state index contributed by atoms with van der Waals surface area (Å²) in [4.78, 5) is 1.40. The van der Waals surface area contributed by atoms with Crippen LogP contribution in [0.3, 0.4) is 0 Å². The number of nitrogens with one attached hydrogen (secondary N) is 1. The van der Waals surface area contributed by atoms with Gasteiger partial charge in [0.15, 0.2) is 0 Å². The van der Waals surface area contributed by atoms with E-state index in [1.165, 1.54) is 10.4 Å². The summed E-state index contributed by atoms with van der Waals surface area (Å²) < 4.78 is 6.02. The van der Waals surface area contributed by atoms with Crippen LogP contribution in [0, 0.1) is 5.41 Å². The Kier molecular flexibility index (Phi) is 6.45. The van der Waals surface area contributed by atoms with Gasteiger partial charge in [-0.1, -0.05) is 35.9 Å². The summed E-state index contributed by atoms with van der Waals surface area (Å²) >= 11 is 8.30. The molecule has 0 spiro atoms. The molecule has 0 amide bonds. The molecule has 0 radical (unpaired) electrons. The molecule has 26 heavy (non-hydrogen) atoms. The number of rotatable bonds is 7. The predicted molar refractivity (Wildman–Crippen MR) is 112 cm³/mol. The van der Waals surface area contributed by atoms with Gasteiger partial charge < -0.3 is 10.1 Å². The van der Waals surface area contributed by atoms with Crippen molar-refractivity contribution >= 4 is 22.9 Å². The van der Waals surface area contributed by atoms with E-state index in [0.29, 0.717) is 6.04 Å². The molecular weight excluding hydrogens is 362 g/mol. The molecule has 1 aliphatic heterocycles. The number of halogens is 1. The number of benzene rings is 1. The highest BCUT2D eigenvalue weighted by Crippen LogP contribution is 2.44. The van der Waals surface area contributed by atoms with Gasteiger partial charge in [0.05, 0.1) is 5.60 Å². The first-order valence-electron chi connectivity index (χ1n) is 9.53. The standard InChI is InChI=1S/C22H30ClNOS/c1-17(20-9-6-14-26-20)24-12-10-22(11-13-25-21(2,3)16-22)15-18-7-4-5-8-19(18)23/h4-9,14,17,24H,10-13,15-16H2,1-3H3/t17-,22-/m0/s1. The molecule has 3 rings (SSSR count). The topological polar surface area (TPSA) is 21.3 Å². The lowest BCUT2D eigenvalue weighted by Crippen LogP contribution is -2.44. The summed E-state index contributed by atoms with van der Waals surface area (Å²) in [7, 11) is 0. The van der Waals surface area contributed by atoms with E-state index in [1.807, 2.05) is 23.5 Å². The van der Waals surface area contributed by atoms with Gasteiger partial charge in [-0.15, -0.1) is 11.3 Å². The molecule has 1 aromatic carbocycles. The number of thiophene rings is 1. The van der Waals surface area contributed by atoms with E-state index in [-0.39, 0.29) is 11.0 Å². The molecule has 0 bridgehead atoms. The molecule has 1 N–H and O–H groups in total. The first kappa shape index (κ1) is 19.9. The average Bonchev–Trinajstić information content (AvgIpc) is 3.11. The van der Waals surface area contributed by atoms with Crippen molar-refractivity contribution < 1.29 is 4.74 Å². The van der Waals surface area contributed by atoms with Gasteiger partial charge in [0.1, 0.15) is 0 Å². The van der Waals surface area contributed by atoms with Crippen LogP contribution in [0.15, 0.2) is 41.8 Å². The fraction of sp³-hybridized carbons (Fsp3) is 0.545. The lowest BCUT2D eigenvalue weighted by atomic mass is 9.68. The van der Waals surface area contributed by atoms with Crippen molar-refractivity contribution in [1.29, 1.82) is 0 Å². The van der Waals surface area contributed by atoms with Crippen molar-refractivity contribution in [2.45, 2.75) is 58.1 Å². The highest BCUT2D eigenvalue weighted by atomic mass is 35.5. The van der Waals surface area contributed by atoms with Crippen LogP contribution in [0.5, 0.6) is 0 Å². The van der Waals surface area contributed by atoms with Crippen molar-refractivity contribution in [2.75, 3.05) is 13.2 Å². The molecule has 142 valence electrons. The average molecular weight is 392 g/mol. The number of ether oxygens (including phenoxy) is 1. The second kappa shape index (κ2) is 8.43. The van der Waals surface area contributed by atoms with Crippen molar-refractivity contribution in [1.82, 2.24) is 5.32 Å². The Bertz CT molecular complexity index is 700. The SMILES string of the molecule is C[C@H](NCC[C@@]1(Cc2ccccc2Cl)CCOC(C)(C)C1)c1cccs1. The summed E-state index contributed by atoms with van der Waals surface area (Å²) in [5.41, 5.74) is 1.42. The molecule has 1 fully saturated rings. The fourth-order valence-corrected chi connectivity index (χ4v) is 5.24. The molecule has 2 nitrogen and oxygen atoms in total. The maximum Gasteiger partial charge on any atom is 0.0631 e. The Morgan fingerprint density at radius 2 is 2.04 bits per heavy atom. The van der Waals surface area contributed by atoms with Crippen molar-refractivity contribution in [3.8, 4) is 0 Å². The lowest BCUT2D eigenvalue weighted by molar-refractivity contribution is -0.107. The zero-order valence-corrected chi connectivity index (χ0v) is 17.6. The van der Waals surface area contributed by atoms with Crippen LogP contribution in [-0.2, 0) is 11.2 Å². The third kappa shape index (κ3) is 5.10. The molecule has 0 unspecified atom stereocenters. The summed E-state index contributed by atoms with van der Waals surface area (Å²) in [5.74, 6) is 0.